The van der Waals surface area contributed by atoms with Gasteiger partial charge in [-0.15, -0.1) is 5.10 Å². The van der Waals surface area contributed by atoms with Crippen LogP contribution < -0.4 is 0 Å². The molecule has 0 N–H and O–H groups in total. The Bertz CT molecular complexity index is 400. The van der Waals surface area contributed by atoms with Crippen LogP contribution in [0.1, 0.15) is 57.7 Å². The van der Waals surface area contributed by atoms with Crippen molar-refractivity contribution in [2.24, 2.45) is 5.92 Å². The highest BCUT2D eigenvalue weighted by Crippen LogP contribution is 2.35. The van der Waals surface area contributed by atoms with Crippen molar-refractivity contribution in [3.05, 3.63) is 5.82 Å². The number of hydrogen-bond acceptors (Lipinski definition) is 4. The van der Waals surface area contributed by atoms with E-state index in [0.29, 0.717) is 0 Å². The highest BCUT2D eigenvalue weighted by Gasteiger charge is 2.33. The van der Waals surface area contributed by atoms with Crippen LogP contribution in [0.5, 0.6) is 0 Å². The maximum absolute atomic E-state index is 4.23. The minimum absolute atomic E-state index is 0.786. The number of hydrogen-bond donors (Lipinski definition) is 0. The number of likely N-dealkylation sites (tertiary alicyclic amines) is 1. The average molecular weight is 263 g/mol. The topological polar surface area (TPSA) is 46.8 Å². The van der Waals surface area contributed by atoms with Crippen molar-refractivity contribution in [1.29, 1.82) is 0 Å². The van der Waals surface area contributed by atoms with Crippen molar-refractivity contribution in [2.45, 2.75) is 71.0 Å². The minimum atomic E-state index is 0.786. The number of aromatic nitrogens is 4. The molecule has 2 heterocycles. The summed E-state index contributed by atoms with van der Waals surface area (Å²) in [6.07, 6.45) is 9.50. The number of fused-ring (bicyclic) bond motifs is 1. The van der Waals surface area contributed by atoms with Crippen molar-refractivity contribution in [1.82, 2.24) is 25.1 Å². The Morgan fingerprint density at radius 2 is 2.00 bits per heavy atom. The Kier molecular flexibility index (Phi) is 4.11. The Morgan fingerprint density at radius 1 is 1.16 bits per heavy atom. The summed E-state index contributed by atoms with van der Waals surface area (Å²) in [5.41, 5.74) is 0. The fraction of sp³-hybridized carbons (Fsp3) is 0.929. The molecule has 1 aromatic heterocycles. The third-order valence-electron chi connectivity index (χ3n) is 4.74. The van der Waals surface area contributed by atoms with E-state index in [1.165, 1.54) is 45.1 Å². The molecule has 2 fully saturated rings. The normalized spacial score (nSPS) is 28.3. The molecular formula is C14H25N5. The minimum Gasteiger partial charge on any atom is -0.293 e. The molecule has 1 aromatic rings. The number of rotatable bonds is 4. The van der Waals surface area contributed by atoms with Crippen LogP contribution in [0, 0.1) is 5.92 Å². The van der Waals surface area contributed by atoms with Gasteiger partial charge in [0.1, 0.15) is 0 Å². The zero-order valence-electron chi connectivity index (χ0n) is 12.0. The zero-order valence-corrected chi connectivity index (χ0v) is 12.0. The molecule has 0 amide bonds. The van der Waals surface area contributed by atoms with Crippen molar-refractivity contribution in [2.75, 3.05) is 6.54 Å². The third kappa shape index (κ3) is 2.81. The molecule has 2 unspecified atom stereocenters. The van der Waals surface area contributed by atoms with E-state index in [0.717, 1.165) is 37.3 Å². The lowest BCUT2D eigenvalue weighted by molar-refractivity contribution is 0.0515. The van der Waals surface area contributed by atoms with E-state index < -0.39 is 0 Å². The summed E-state index contributed by atoms with van der Waals surface area (Å²) in [5, 5.41) is 12.2. The molecule has 19 heavy (non-hydrogen) atoms. The zero-order chi connectivity index (χ0) is 13.1. The molecular weight excluding hydrogens is 238 g/mol. The van der Waals surface area contributed by atoms with E-state index in [1.807, 2.05) is 4.68 Å². The van der Waals surface area contributed by atoms with Gasteiger partial charge >= 0.3 is 0 Å². The molecule has 1 aliphatic heterocycles. The lowest BCUT2D eigenvalue weighted by atomic mass is 9.78. The summed E-state index contributed by atoms with van der Waals surface area (Å²) in [4.78, 5) is 2.64. The Balaban J connectivity index is 1.69. The van der Waals surface area contributed by atoms with Crippen LogP contribution in [0.3, 0.4) is 0 Å². The quantitative estimate of drug-likeness (QED) is 0.836. The second-order valence-electron chi connectivity index (χ2n) is 6.04. The van der Waals surface area contributed by atoms with E-state index in [9.17, 15) is 0 Å². The first-order chi connectivity index (χ1) is 9.38. The number of aryl methyl sites for hydroxylation is 1. The fourth-order valence-corrected chi connectivity index (χ4v) is 3.83. The molecule has 0 radical (unpaired) electrons. The average Bonchev–Trinajstić information content (AvgIpc) is 2.87. The first-order valence-corrected chi connectivity index (χ1v) is 7.87. The maximum Gasteiger partial charge on any atom is 0.165 e. The largest absolute Gasteiger partial charge is 0.293 e. The molecule has 1 saturated carbocycles. The Morgan fingerprint density at radius 3 is 2.89 bits per heavy atom. The smallest absolute Gasteiger partial charge is 0.165 e. The van der Waals surface area contributed by atoms with Crippen LogP contribution in [0.25, 0.3) is 0 Å². The molecule has 0 spiro atoms. The monoisotopic (exact) mass is 263 g/mol. The van der Waals surface area contributed by atoms with Gasteiger partial charge in [-0.25, -0.2) is 4.68 Å². The summed E-state index contributed by atoms with van der Waals surface area (Å²) in [6, 6.07) is 0.786. The van der Waals surface area contributed by atoms with E-state index in [4.69, 9.17) is 0 Å². The summed E-state index contributed by atoms with van der Waals surface area (Å²) in [5.74, 6) is 1.98. The first kappa shape index (κ1) is 13.0. The molecule has 106 valence electrons. The summed E-state index contributed by atoms with van der Waals surface area (Å²) < 4.78 is 1.98. The molecule has 1 aliphatic carbocycles. The van der Waals surface area contributed by atoms with Crippen molar-refractivity contribution in [3.8, 4) is 0 Å². The van der Waals surface area contributed by atoms with Gasteiger partial charge in [0.2, 0.25) is 0 Å². The second-order valence-corrected chi connectivity index (χ2v) is 6.04. The van der Waals surface area contributed by atoms with Gasteiger partial charge < -0.3 is 0 Å². The molecule has 5 heteroatoms. The van der Waals surface area contributed by atoms with Gasteiger partial charge in [-0.1, -0.05) is 19.8 Å². The molecule has 0 bridgehead atoms. The summed E-state index contributed by atoms with van der Waals surface area (Å²) >= 11 is 0. The van der Waals surface area contributed by atoms with Gasteiger partial charge in [-0.3, -0.25) is 4.90 Å². The highest BCUT2D eigenvalue weighted by atomic mass is 15.5. The van der Waals surface area contributed by atoms with Crippen LogP contribution in [-0.4, -0.2) is 37.7 Å². The van der Waals surface area contributed by atoms with Gasteiger partial charge in [0.05, 0.1) is 6.54 Å². The lowest BCUT2D eigenvalue weighted by Crippen LogP contribution is -2.46. The second kappa shape index (κ2) is 5.99. The highest BCUT2D eigenvalue weighted by molar-refractivity contribution is 4.91. The molecule has 2 atom stereocenters. The van der Waals surface area contributed by atoms with Crippen molar-refractivity contribution in [3.63, 3.8) is 0 Å². The number of piperidine rings is 1. The number of tetrazole rings is 1. The summed E-state index contributed by atoms with van der Waals surface area (Å²) in [6.45, 7) is 5.27. The standard InChI is InChI=1S/C14H25N5/c1-2-9-19-14(15-16-17-19)11-18-10-5-7-12-6-3-4-8-13(12)18/h12-13H,2-11H2,1H3. The van der Waals surface area contributed by atoms with Crippen LogP contribution in [0.2, 0.25) is 0 Å². The third-order valence-corrected chi connectivity index (χ3v) is 4.74. The van der Waals surface area contributed by atoms with E-state index in [2.05, 4.69) is 27.3 Å². The first-order valence-electron chi connectivity index (χ1n) is 7.87. The number of nitrogens with zero attached hydrogens (tertiary/aromatic N) is 5. The van der Waals surface area contributed by atoms with Gasteiger partial charge in [0.15, 0.2) is 5.82 Å². The van der Waals surface area contributed by atoms with Crippen LogP contribution in [-0.2, 0) is 13.1 Å². The van der Waals surface area contributed by atoms with Crippen LogP contribution >= 0.6 is 0 Å². The van der Waals surface area contributed by atoms with Crippen LogP contribution in [0.4, 0.5) is 0 Å². The van der Waals surface area contributed by atoms with Crippen molar-refractivity contribution < 1.29 is 0 Å². The predicted octanol–water partition coefficient (Wildman–Crippen LogP) is 2.24. The lowest BCUT2D eigenvalue weighted by Gasteiger charge is -2.43. The van der Waals surface area contributed by atoms with Gasteiger partial charge in [-0.2, -0.15) is 0 Å². The predicted molar refractivity (Wildman–Crippen MR) is 73.5 cm³/mol. The molecule has 1 saturated heterocycles. The molecule has 0 aromatic carbocycles. The van der Waals surface area contributed by atoms with E-state index >= 15 is 0 Å². The Labute approximate surface area is 115 Å². The fourth-order valence-electron chi connectivity index (χ4n) is 3.83. The van der Waals surface area contributed by atoms with E-state index in [-0.39, 0.29) is 0 Å². The molecule has 3 rings (SSSR count). The maximum atomic E-state index is 4.23. The SMILES string of the molecule is CCCn1nnnc1CN1CCCC2CCCCC21. The van der Waals surface area contributed by atoms with E-state index in [1.54, 1.807) is 0 Å². The van der Waals surface area contributed by atoms with Crippen LogP contribution in [0.15, 0.2) is 0 Å². The molecule has 5 nitrogen and oxygen atoms in total. The van der Waals surface area contributed by atoms with Gasteiger partial charge in [0.25, 0.3) is 0 Å². The van der Waals surface area contributed by atoms with Crippen molar-refractivity contribution >= 4 is 0 Å². The molecule has 2 aliphatic rings. The summed E-state index contributed by atoms with van der Waals surface area (Å²) in [7, 11) is 0. The Hall–Kier alpha value is -0.970. The van der Waals surface area contributed by atoms with Gasteiger partial charge in [-0.05, 0) is 55.0 Å². The van der Waals surface area contributed by atoms with Gasteiger partial charge in [0, 0.05) is 12.6 Å².